The van der Waals surface area contributed by atoms with Crippen LogP contribution in [0.2, 0.25) is 5.02 Å². The fraction of sp³-hybridized carbons (Fsp3) is 0.318. The summed E-state index contributed by atoms with van der Waals surface area (Å²) in [6, 6.07) is 10.5. The van der Waals surface area contributed by atoms with Crippen molar-refractivity contribution in [3.8, 4) is 22.7 Å². The average Bonchev–Trinajstić information content (AvgIpc) is 3.03. The number of hydrogen-bond donors (Lipinski definition) is 1. The van der Waals surface area contributed by atoms with Gasteiger partial charge in [-0.25, -0.2) is 14.5 Å². The van der Waals surface area contributed by atoms with E-state index in [1.54, 1.807) is 28.9 Å². The molecule has 1 N–H and O–H groups in total. The number of nitrogens with zero attached hydrogens (tertiary/aromatic N) is 4. The molecule has 0 radical (unpaired) electrons. The van der Waals surface area contributed by atoms with Crippen molar-refractivity contribution in [2.45, 2.75) is 20.3 Å². The summed E-state index contributed by atoms with van der Waals surface area (Å²) in [6.45, 7) is 5.27. The van der Waals surface area contributed by atoms with E-state index >= 15 is 0 Å². The third-order valence-corrected chi connectivity index (χ3v) is 4.85. The molecule has 1 aromatic carbocycles. The van der Waals surface area contributed by atoms with E-state index in [4.69, 9.17) is 16.3 Å². The second kappa shape index (κ2) is 9.28. The van der Waals surface area contributed by atoms with Crippen LogP contribution in [0.4, 0.5) is 0 Å². The van der Waals surface area contributed by atoms with Gasteiger partial charge in [0, 0.05) is 17.8 Å². The molecule has 0 saturated carbocycles. The lowest BCUT2D eigenvalue weighted by Crippen LogP contribution is -2.15. The Bertz CT molecular complexity index is 1060. The molecule has 8 heteroatoms. The Morgan fingerprint density at radius 2 is 1.97 bits per heavy atom. The summed E-state index contributed by atoms with van der Waals surface area (Å²) < 4.78 is 7.63. The molecule has 30 heavy (non-hydrogen) atoms. The number of aromatic carboxylic acids is 1. The molecular weight excluding hydrogens is 404 g/mol. The number of halogens is 1. The van der Waals surface area contributed by atoms with Crippen LogP contribution >= 0.6 is 11.6 Å². The summed E-state index contributed by atoms with van der Waals surface area (Å²) in [5, 5.41) is 14.4. The number of hydrogen-bond acceptors (Lipinski definition) is 5. The quantitative estimate of drug-likeness (QED) is 0.541. The molecule has 3 rings (SSSR count). The summed E-state index contributed by atoms with van der Waals surface area (Å²) in [7, 11) is 4.02. The van der Waals surface area contributed by atoms with Crippen molar-refractivity contribution >= 4 is 17.6 Å². The number of carboxylic acid groups (broad SMARTS) is 1. The smallest absolute Gasteiger partial charge is 0.354 e. The van der Waals surface area contributed by atoms with Gasteiger partial charge in [0.2, 0.25) is 0 Å². The SMILES string of the molecule is Cc1cc(C)n(-c2ccc(C(=O)O)nc2-c2ccc(Cl)c(OCCCN(C)C)c2)n1. The number of ether oxygens (including phenoxy) is 1. The van der Waals surface area contributed by atoms with Crippen LogP contribution in [0, 0.1) is 13.8 Å². The highest BCUT2D eigenvalue weighted by Gasteiger charge is 2.17. The standard InChI is InChI=1S/C22H25ClN4O3/c1-14-12-15(2)27(25-14)19-9-8-18(22(28)29)24-21(19)16-6-7-17(23)20(13-16)30-11-5-10-26(3)4/h6-9,12-13H,5,10-11H2,1-4H3,(H,28,29). The Kier molecular flexibility index (Phi) is 6.74. The Balaban J connectivity index is 2.03. The van der Waals surface area contributed by atoms with Crippen molar-refractivity contribution in [3.63, 3.8) is 0 Å². The van der Waals surface area contributed by atoms with E-state index in [-0.39, 0.29) is 5.69 Å². The number of rotatable bonds is 8. The van der Waals surface area contributed by atoms with Gasteiger partial charge in [-0.1, -0.05) is 17.7 Å². The normalized spacial score (nSPS) is 11.1. The zero-order chi connectivity index (χ0) is 21.8. The average molecular weight is 429 g/mol. The number of aryl methyl sites for hydroxylation is 2. The van der Waals surface area contributed by atoms with E-state index in [1.807, 2.05) is 34.0 Å². The number of carboxylic acids is 1. The molecule has 0 fully saturated rings. The predicted octanol–water partition coefficient (Wildman–Crippen LogP) is 4.23. The number of carbonyl (C=O) groups is 1. The molecule has 0 spiro atoms. The Hall–Kier alpha value is -2.90. The van der Waals surface area contributed by atoms with Crippen LogP contribution in [-0.4, -0.2) is 58.0 Å². The molecule has 0 unspecified atom stereocenters. The molecule has 0 aliphatic rings. The first-order valence-electron chi connectivity index (χ1n) is 9.61. The molecule has 3 aromatic rings. The molecule has 0 amide bonds. The van der Waals surface area contributed by atoms with Crippen molar-refractivity contribution in [3.05, 3.63) is 58.5 Å². The highest BCUT2D eigenvalue weighted by molar-refractivity contribution is 6.32. The minimum atomic E-state index is -1.09. The molecule has 7 nitrogen and oxygen atoms in total. The van der Waals surface area contributed by atoms with Gasteiger partial charge in [0.1, 0.15) is 11.4 Å². The van der Waals surface area contributed by atoms with Gasteiger partial charge in [-0.15, -0.1) is 0 Å². The topological polar surface area (TPSA) is 80.5 Å². The van der Waals surface area contributed by atoms with E-state index in [9.17, 15) is 9.90 Å². The minimum absolute atomic E-state index is 0.0429. The molecule has 2 heterocycles. The van der Waals surface area contributed by atoms with Crippen LogP contribution in [0.5, 0.6) is 5.75 Å². The molecule has 0 atom stereocenters. The van der Waals surface area contributed by atoms with E-state index in [0.29, 0.717) is 34.3 Å². The van der Waals surface area contributed by atoms with E-state index in [2.05, 4.69) is 15.0 Å². The van der Waals surface area contributed by atoms with Gasteiger partial charge in [-0.2, -0.15) is 5.10 Å². The highest BCUT2D eigenvalue weighted by Crippen LogP contribution is 2.33. The number of aromatic nitrogens is 3. The predicted molar refractivity (Wildman–Crippen MR) is 117 cm³/mol. The zero-order valence-electron chi connectivity index (χ0n) is 17.5. The summed E-state index contributed by atoms with van der Waals surface area (Å²) in [5.41, 5.74) is 3.63. The first-order valence-corrected chi connectivity index (χ1v) is 9.99. The summed E-state index contributed by atoms with van der Waals surface area (Å²) >= 11 is 6.32. The lowest BCUT2D eigenvalue weighted by molar-refractivity contribution is 0.0690. The minimum Gasteiger partial charge on any atom is -0.492 e. The van der Waals surface area contributed by atoms with Gasteiger partial charge in [-0.3, -0.25) is 0 Å². The van der Waals surface area contributed by atoms with Crippen LogP contribution in [0.25, 0.3) is 16.9 Å². The van der Waals surface area contributed by atoms with Gasteiger partial charge in [0.15, 0.2) is 0 Å². The maximum atomic E-state index is 11.5. The molecular formula is C22H25ClN4O3. The first kappa shape index (κ1) is 21.8. The fourth-order valence-electron chi connectivity index (χ4n) is 3.15. The zero-order valence-corrected chi connectivity index (χ0v) is 18.3. The van der Waals surface area contributed by atoms with Crippen molar-refractivity contribution in [1.29, 1.82) is 0 Å². The lowest BCUT2D eigenvalue weighted by atomic mass is 10.1. The molecule has 0 aliphatic heterocycles. The highest BCUT2D eigenvalue weighted by atomic mass is 35.5. The van der Waals surface area contributed by atoms with Crippen molar-refractivity contribution in [1.82, 2.24) is 19.7 Å². The summed E-state index contributed by atoms with van der Waals surface area (Å²) in [5.74, 6) is -0.556. The maximum Gasteiger partial charge on any atom is 0.354 e. The van der Waals surface area contributed by atoms with Crippen LogP contribution in [-0.2, 0) is 0 Å². The van der Waals surface area contributed by atoms with E-state index < -0.39 is 5.97 Å². The molecule has 0 saturated heterocycles. The van der Waals surface area contributed by atoms with Gasteiger partial charge in [-0.05, 0) is 64.7 Å². The number of pyridine rings is 1. The maximum absolute atomic E-state index is 11.5. The van der Waals surface area contributed by atoms with Gasteiger partial charge < -0.3 is 14.7 Å². The van der Waals surface area contributed by atoms with Gasteiger partial charge >= 0.3 is 5.97 Å². The Morgan fingerprint density at radius 1 is 1.20 bits per heavy atom. The van der Waals surface area contributed by atoms with Gasteiger partial charge in [0.25, 0.3) is 0 Å². The van der Waals surface area contributed by atoms with Crippen molar-refractivity contribution < 1.29 is 14.6 Å². The second-order valence-corrected chi connectivity index (χ2v) is 7.77. The van der Waals surface area contributed by atoms with Crippen LogP contribution in [0.1, 0.15) is 28.3 Å². The van der Waals surface area contributed by atoms with Gasteiger partial charge in [0.05, 0.1) is 28.7 Å². The van der Waals surface area contributed by atoms with E-state index in [1.165, 1.54) is 6.07 Å². The third kappa shape index (κ3) is 4.98. The summed E-state index contributed by atoms with van der Waals surface area (Å²) in [6.07, 6.45) is 0.858. The molecule has 0 aliphatic carbocycles. The lowest BCUT2D eigenvalue weighted by Gasteiger charge is -2.14. The van der Waals surface area contributed by atoms with Crippen molar-refractivity contribution in [2.24, 2.45) is 0 Å². The van der Waals surface area contributed by atoms with E-state index in [0.717, 1.165) is 24.4 Å². The second-order valence-electron chi connectivity index (χ2n) is 7.36. The van der Waals surface area contributed by atoms with Crippen LogP contribution in [0.15, 0.2) is 36.4 Å². The molecule has 158 valence electrons. The van der Waals surface area contributed by atoms with Crippen LogP contribution < -0.4 is 4.74 Å². The molecule has 2 aromatic heterocycles. The van der Waals surface area contributed by atoms with Crippen LogP contribution in [0.3, 0.4) is 0 Å². The third-order valence-electron chi connectivity index (χ3n) is 4.54. The Labute approximate surface area is 180 Å². The monoisotopic (exact) mass is 428 g/mol. The van der Waals surface area contributed by atoms with Crippen molar-refractivity contribution in [2.75, 3.05) is 27.2 Å². The number of benzene rings is 1. The first-order chi connectivity index (χ1) is 14.3. The molecule has 0 bridgehead atoms. The summed E-state index contributed by atoms with van der Waals surface area (Å²) in [4.78, 5) is 18.0. The largest absolute Gasteiger partial charge is 0.492 e. The Morgan fingerprint density at radius 3 is 2.60 bits per heavy atom. The fourth-order valence-corrected chi connectivity index (χ4v) is 3.32.